The average molecular weight is 229 g/mol. The highest BCUT2D eigenvalue weighted by Crippen LogP contribution is 2.33. The molecule has 1 aliphatic rings. The second-order valence-corrected chi connectivity index (χ2v) is 6.44. The molecule has 1 aliphatic heterocycles. The third-order valence-corrected chi connectivity index (χ3v) is 5.79. The fraction of sp³-hybridized carbons (Fsp3) is 0.818. The van der Waals surface area contributed by atoms with E-state index in [9.17, 15) is 0 Å². The van der Waals surface area contributed by atoms with E-state index in [1.807, 2.05) is 11.8 Å². The fourth-order valence-corrected chi connectivity index (χ4v) is 4.66. The van der Waals surface area contributed by atoms with Crippen molar-refractivity contribution in [1.82, 2.24) is 0 Å². The van der Waals surface area contributed by atoms with Crippen molar-refractivity contribution in [2.75, 3.05) is 11.5 Å². The highest BCUT2D eigenvalue weighted by molar-refractivity contribution is 8.07. The lowest BCUT2D eigenvalue weighted by molar-refractivity contribution is 0.561. The van der Waals surface area contributed by atoms with Crippen LogP contribution in [-0.2, 0) is 0 Å². The summed E-state index contributed by atoms with van der Waals surface area (Å²) in [5, 5.41) is 1.33. The molecular formula is C11H19NS2. The summed E-state index contributed by atoms with van der Waals surface area (Å²) in [5.41, 5.74) is 6.18. The molecule has 0 aromatic rings. The Bertz CT molecular complexity index is 200. The molecule has 0 aromatic carbocycles. The van der Waals surface area contributed by atoms with E-state index < -0.39 is 0 Å². The quantitative estimate of drug-likeness (QED) is 0.592. The first kappa shape index (κ1) is 12.3. The molecule has 0 saturated carbocycles. The molecule has 1 heterocycles. The van der Waals surface area contributed by atoms with Gasteiger partial charge in [0.1, 0.15) is 0 Å². The molecular weight excluding hydrogens is 210 g/mol. The molecule has 2 N–H and O–H groups in total. The third-order valence-electron chi connectivity index (χ3n) is 2.52. The maximum atomic E-state index is 6.18. The van der Waals surface area contributed by atoms with Gasteiger partial charge in [0.05, 0.1) is 0 Å². The van der Waals surface area contributed by atoms with Crippen LogP contribution in [0.1, 0.15) is 26.2 Å². The standard InChI is InChI=1S/C11H19NS2/c1-3-4-5-6-10(12)11-9(2)13-7-8-14-11/h1,9-11H,4-8,12H2,2H3. The molecule has 1 rings (SSSR count). The predicted octanol–water partition coefficient (Wildman–Crippen LogP) is 2.35. The average Bonchev–Trinajstić information content (AvgIpc) is 2.18. The summed E-state index contributed by atoms with van der Waals surface area (Å²) in [5.74, 6) is 5.20. The second-order valence-electron chi connectivity index (χ2n) is 3.67. The first-order valence-corrected chi connectivity index (χ1v) is 7.27. The molecule has 0 radical (unpaired) electrons. The number of rotatable bonds is 4. The van der Waals surface area contributed by atoms with Crippen molar-refractivity contribution in [3.8, 4) is 12.3 Å². The number of thioether (sulfide) groups is 2. The van der Waals surface area contributed by atoms with Gasteiger partial charge < -0.3 is 5.73 Å². The fourth-order valence-electron chi connectivity index (χ4n) is 1.72. The van der Waals surface area contributed by atoms with Crippen molar-refractivity contribution in [2.45, 2.75) is 42.7 Å². The number of terminal acetylenes is 1. The van der Waals surface area contributed by atoms with E-state index in [4.69, 9.17) is 12.2 Å². The second kappa shape index (κ2) is 6.66. The zero-order chi connectivity index (χ0) is 10.4. The van der Waals surface area contributed by atoms with Crippen LogP contribution in [0.3, 0.4) is 0 Å². The minimum absolute atomic E-state index is 0.330. The van der Waals surface area contributed by atoms with Crippen LogP contribution >= 0.6 is 23.5 Å². The molecule has 80 valence electrons. The highest BCUT2D eigenvalue weighted by Gasteiger charge is 2.27. The smallest absolute Gasteiger partial charge is 0.0315 e. The Labute approximate surface area is 96.0 Å². The summed E-state index contributed by atoms with van der Waals surface area (Å²) < 4.78 is 0. The Morgan fingerprint density at radius 2 is 2.21 bits per heavy atom. The first-order valence-electron chi connectivity index (χ1n) is 5.18. The highest BCUT2D eigenvalue weighted by atomic mass is 32.2. The van der Waals surface area contributed by atoms with E-state index in [2.05, 4.69) is 24.6 Å². The summed E-state index contributed by atoms with van der Waals surface area (Å²) in [6, 6.07) is 0.330. The molecule has 1 nitrogen and oxygen atoms in total. The lowest BCUT2D eigenvalue weighted by Gasteiger charge is -2.32. The minimum atomic E-state index is 0.330. The van der Waals surface area contributed by atoms with Crippen LogP contribution in [0.2, 0.25) is 0 Å². The molecule has 0 spiro atoms. The van der Waals surface area contributed by atoms with Gasteiger partial charge in [-0.3, -0.25) is 0 Å². The molecule has 0 aromatic heterocycles. The van der Waals surface area contributed by atoms with Crippen LogP contribution in [0.15, 0.2) is 0 Å². The van der Waals surface area contributed by atoms with E-state index in [0.29, 0.717) is 16.5 Å². The number of hydrogen-bond donors (Lipinski definition) is 1. The van der Waals surface area contributed by atoms with Crippen LogP contribution in [0.25, 0.3) is 0 Å². The van der Waals surface area contributed by atoms with Gasteiger partial charge in [-0.25, -0.2) is 0 Å². The zero-order valence-corrected chi connectivity index (χ0v) is 10.4. The molecule has 3 atom stereocenters. The van der Waals surface area contributed by atoms with Crippen LogP contribution in [0.4, 0.5) is 0 Å². The van der Waals surface area contributed by atoms with Gasteiger partial charge in [-0.15, -0.1) is 12.3 Å². The number of hydrogen-bond acceptors (Lipinski definition) is 3. The SMILES string of the molecule is C#CCCCC(N)C1SCCSC1C. The Morgan fingerprint density at radius 1 is 1.50 bits per heavy atom. The molecule has 0 aliphatic carbocycles. The molecule has 3 unspecified atom stereocenters. The summed E-state index contributed by atoms with van der Waals surface area (Å²) in [6.45, 7) is 2.29. The molecule has 1 saturated heterocycles. The lowest BCUT2D eigenvalue weighted by Crippen LogP contribution is -2.40. The van der Waals surface area contributed by atoms with Crippen molar-refractivity contribution in [3.05, 3.63) is 0 Å². The summed E-state index contributed by atoms with van der Waals surface area (Å²) in [6.07, 6.45) is 8.24. The number of unbranched alkanes of at least 4 members (excludes halogenated alkanes) is 1. The van der Waals surface area contributed by atoms with Gasteiger partial charge in [-0.1, -0.05) is 6.92 Å². The van der Waals surface area contributed by atoms with Crippen LogP contribution in [-0.4, -0.2) is 28.0 Å². The Kier molecular flexibility index (Phi) is 5.84. The Hall–Kier alpha value is 0.220. The van der Waals surface area contributed by atoms with Crippen LogP contribution in [0, 0.1) is 12.3 Å². The van der Waals surface area contributed by atoms with E-state index >= 15 is 0 Å². The maximum Gasteiger partial charge on any atom is 0.0315 e. The maximum absolute atomic E-state index is 6.18. The van der Waals surface area contributed by atoms with Crippen molar-refractivity contribution < 1.29 is 0 Å². The summed E-state index contributed by atoms with van der Waals surface area (Å²) in [4.78, 5) is 0. The molecule has 1 fully saturated rings. The van der Waals surface area contributed by atoms with Crippen molar-refractivity contribution >= 4 is 23.5 Å². The van der Waals surface area contributed by atoms with E-state index in [-0.39, 0.29) is 0 Å². The molecule has 0 amide bonds. The van der Waals surface area contributed by atoms with Gasteiger partial charge in [0.15, 0.2) is 0 Å². The summed E-state index contributed by atoms with van der Waals surface area (Å²) >= 11 is 4.09. The Morgan fingerprint density at radius 3 is 2.86 bits per heavy atom. The topological polar surface area (TPSA) is 26.0 Å². The van der Waals surface area contributed by atoms with Gasteiger partial charge in [0.2, 0.25) is 0 Å². The van der Waals surface area contributed by atoms with E-state index in [1.54, 1.807) is 0 Å². The van der Waals surface area contributed by atoms with Gasteiger partial charge in [-0.2, -0.15) is 23.5 Å². The van der Waals surface area contributed by atoms with E-state index in [0.717, 1.165) is 19.3 Å². The minimum Gasteiger partial charge on any atom is -0.327 e. The monoisotopic (exact) mass is 229 g/mol. The lowest BCUT2D eigenvalue weighted by atomic mass is 10.1. The summed E-state index contributed by atoms with van der Waals surface area (Å²) in [7, 11) is 0. The van der Waals surface area contributed by atoms with Crippen molar-refractivity contribution in [2.24, 2.45) is 5.73 Å². The van der Waals surface area contributed by atoms with Crippen LogP contribution < -0.4 is 5.73 Å². The largest absolute Gasteiger partial charge is 0.327 e. The normalized spacial score (nSPS) is 29.5. The number of nitrogens with two attached hydrogens (primary N) is 1. The van der Waals surface area contributed by atoms with Gasteiger partial charge in [-0.05, 0) is 12.8 Å². The van der Waals surface area contributed by atoms with Crippen molar-refractivity contribution in [3.63, 3.8) is 0 Å². The van der Waals surface area contributed by atoms with E-state index in [1.165, 1.54) is 11.5 Å². The van der Waals surface area contributed by atoms with Gasteiger partial charge >= 0.3 is 0 Å². The molecule has 0 bridgehead atoms. The van der Waals surface area contributed by atoms with Gasteiger partial charge in [0, 0.05) is 34.5 Å². The first-order chi connectivity index (χ1) is 6.75. The predicted molar refractivity (Wildman–Crippen MR) is 68.8 cm³/mol. The Balaban J connectivity index is 2.27. The van der Waals surface area contributed by atoms with Crippen LogP contribution in [0.5, 0.6) is 0 Å². The molecule has 3 heteroatoms. The molecule has 14 heavy (non-hydrogen) atoms. The third kappa shape index (κ3) is 3.76. The van der Waals surface area contributed by atoms with Gasteiger partial charge in [0.25, 0.3) is 0 Å². The van der Waals surface area contributed by atoms with Crippen molar-refractivity contribution in [1.29, 1.82) is 0 Å². The zero-order valence-electron chi connectivity index (χ0n) is 8.74.